The maximum atomic E-state index is 12.5. The second kappa shape index (κ2) is 6.91. The third kappa shape index (κ3) is 4.47. The summed E-state index contributed by atoms with van der Waals surface area (Å²) in [4.78, 5) is 0. The topological polar surface area (TPSA) is 88.5 Å². The molecule has 0 aliphatic carbocycles. The molecule has 134 valence electrons. The quantitative estimate of drug-likeness (QED) is 0.683. The van der Waals surface area contributed by atoms with Gasteiger partial charge in [0.15, 0.2) is 4.58 Å². The van der Waals surface area contributed by atoms with E-state index in [9.17, 15) is 43.2 Å². The molecule has 22 heavy (non-hydrogen) atoms. The van der Waals surface area contributed by atoms with Gasteiger partial charge in [-0.05, 0) is 18.8 Å². The van der Waals surface area contributed by atoms with Crippen molar-refractivity contribution in [2.24, 2.45) is 5.92 Å². The normalized spacial score (nSPS) is 16.0. The van der Waals surface area contributed by atoms with Gasteiger partial charge in [-0.15, -0.1) is 0 Å². The van der Waals surface area contributed by atoms with Gasteiger partial charge in [0.2, 0.25) is 0 Å². The molecule has 5 nitrogen and oxygen atoms in total. The first-order valence-electron chi connectivity index (χ1n) is 5.84. The Morgan fingerprint density at radius 2 is 1.27 bits per heavy atom. The van der Waals surface area contributed by atoms with E-state index >= 15 is 0 Å². The van der Waals surface area contributed by atoms with Crippen molar-refractivity contribution >= 4 is 19.7 Å². The highest BCUT2D eigenvalue weighted by Crippen LogP contribution is 2.39. The third-order valence-electron chi connectivity index (χ3n) is 2.98. The minimum Gasteiger partial charge on any atom is -0.396 e. The lowest BCUT2D eigenvalue weighted by Gasteiger charge is -2.24. The highest BCUT2D eigenvalue weighted by atomic mass is 32.3. The molecule has 0 aromatic heterocycles. The molecular formula is C9H14F6O5S2. The van der Waals surface area contributed by atoms with Crippen LogP contribution >= 0.6 is 0 Å². The van der Waals surface area contributed by atoms with Gasteiger partial charge < -0.3 is 5.11 Å². The van der Waals surface area contributed by atoms with Gasteiger partial charge in [-0.3, -0.25) is 0 Å². The van der Waals surface area contributed by atoms with E-state index in [1.165, 1.54) is 6.92 Å². The van der Waals surface area contributed by atoms with Crippen LogP contribution in [0.25, 0.3) is 0 Å². The molecule has 1 unspecified atom stereocenters. The van der Waals surface area contributed by atoms with Crippen LogP contribution in [-0.4, -0.2) is 44.1 Å². The van der Waals surface area contributed by atoms with E-state index in [0.717, 1.165) is 0 Å². The monoisotopic (exact) mass is 380 g/mol. The van der Waals surface area contributed by atoms with E-state index in [1.54, 1.807) is 0 Å². The molecule has 0 aromatic rings. The van der Waals surface area contributed by atoms with Crippen LogP contribution < -0.4 is 0 Å². The Labute approximate surface area is 123 Å². The fraction of sp³-hybridized carbons (Fsp3) is 1.00. The van der Waals surface area contributed by atoms with Crippen molar-refractivity contribution < 1.29 is 48.3 Å². The SMILES string of the molecule is CCC(CCO)CC(S(=O)(=O)C(F)(F)F)S(=O)(=O)C(F)(F)F. The number of halogens is 6. The van der Waals surface area contributed by atoms with Crippen LogP contribution in [0.5, 0.6) is 0 Å². The summed E-state index contributed by atoms with van der Waals surface area (Å²) in [6.45, 7) is 0.682. The second-order valence-electron chi connectivity index (χ2n) is 4.43. The summed E-state index contributed by atoms with van der Waals surface area (Å²) in [6, 6.07) is 0. The van der Waals surface area contributed by atoms with Gasteiger partial charge in [0.25, 0.3) is 19.7 Å². The zero-order chi connectivity index (χ0) is 18.0. The fourth-order valence-corrected chi connectivity index (χ4v) is 5.30. The first-order valence-corrected chi connectivity index (χ1v) is 8.93. The number of hydrogen-bond donors (Lipinski definition) is 1. The van der Waals surface area contributed by atoms with Gasteiger partial charge in [-0.2, -0.15) is 26.3 Å². The van der Waals surface area contributed by atoms with E-state index in [1.807, 2.05) is 0 Å². The van der Waals surface area contributed by atoms with Crippen molar-refractivity contribution in [1.82, 2.24) is 0 Å². The summed E-state index contributed by atoms with van der Waals surface area (Å²) in [5.74, 6) is -1.13. The predicted octanol–water partition coefficient (Wildman–Crippen LogP) is 1.98. The molecule has 13 heteroatoms. The highest BCUT2D eigenvalue weighted by Gasteiger charge is 2.62. The number of rotatable bonds is 7. The zero-order valence-electron chi connectivity index (χ0n) is 11.1. The lowest BCUT2D eigenvalue weighted by molar-refractivity contribution is -0.0474. The molecule has 1 atom stereocenters. The van der Waals surface area contributed by atoms with Gasteiger partial charge in [-0.1, -0.05) is 13.3 Å². The zero-order valence-corrected chi connectivity index (χ0v) is 12.8. The van der Waals surface area contributed by atoms with E-state index in [4.69, 9.17) is 5.11 Å². The fourth-order valence-electron chi connectivity index (χ4n) is 1.66. The van der Waals surface area contributed by atoms with Crippen LogP contribution in [0.1, 0.15) is 26.2 Å². The Hall–Kier alpha value is -0.560. The van der Waals surface area contributed by atoms with Gasteiger partial charge in [0.05, 0.1) is 0 Å². The standard InChI is InChI=1S/C9H14F6O5S2/c1-2-6(3-4-16)5-7(21(17,18)8(10,11)12)22(19,20)9(13,14)15/h6-7,16H,2-5H2,1H3. The van der Waals surface area contributed by atoms with Crippen LogP contribution in [0.15, 0.2) is 0 Å². The first-order chi connectivity index (χ1) is 9.62. The van der Waals surface area contributed by atoms with Crippen molar-refractivity contribution in [3.8, 4) is 0 Å². The van der Waals surface area contributed by atoms with Crippen LogP contribution in [-0.2, 0) is 19.7 Å². The Kier molecular flexibility index (Phi) is 6.73. The van der Waals surface area contributed by atoms with Crippen LogP contribution in [0, 0.1) is 5.92 Å². The molecule has 1 N–H and O–H groups in total. The molecule has 0 saturated heterocycles. The number of aliphatic hydroxyl groups is 1. The summed E-state index contributed by atoms with van der Waals surface area (Å²) < 4.78 is 116. The minimum absolute atomic E-state index is 0.0994. The maximum absolute atomic E-state index is 12.5. The largest absolute Gasteiger partial charge is 0.498 e. The molecule has 0 spiro atoms. The molecule has 0 fully saturated rings. The van der Waals surface area contributed by atoms with Crippen molar-refractivity contribution in [3.05, 3.63) is 0 Å². The summed E-state index contributed by atoms with van der Waals surface area (Å²) in [5, 5.41) is 8.66. The predicted molar refractivity (Wildman–Crippen MR) is 63.8 cm³/mol. The van der Waals surface area contributed by atoms with Crippen molar-refractivity contribution in [2.45, 2.75) is 41.8 Å². The van der Waals surface area contributed by atoms with Gasteiger partial charge in [-0.25, -0.2) is 16.8 Å². The first kappa shape index (κ1) is 21.4. The molecular weight excluding hydrogens is 366 g/mol. The smallest absolute Gasteiger partial charge is 0.396 e. The molecule has 0 saturated carbocycles. The average Bonchev–Trinajstić information content (AvgIpc) is 2.30. The molecule has 0 aromatic carbocycles. The molecule has 0 heterocycles. The average molecular weight is 380 g/mol. The van der Waals surface area contributed by atoms with E-state index in [-0.39, 0.29) is 12.8 Å². The molecule has 0 rings (SSSR count). The number of hydrogen-bond acceptors (Lipinski definition) is 5. The summed E-state index contributed by atoms with van der Waals surface area (Å²) in [6.07, 6.45) is -1.83. The van der Waals surface area contributed by atoms with Crippen molar-refractivity contribution in [3.63, 3.8) is 0 Å². The van der Waals surface area contributed by atoms with Crippen LogP contribution in [0.2, 0.25) is 0 Å². The molecule has 0 radical (unpaired) electrons. The number of aliphatic hydroxyl groups excluding tert-OH is 1. The minimum atomic E-state index is -6.59. The van der Waals surface area contributed by atoms with E-state index in [0.29, 0.717) is 0 Å². The van der Waals surface area contributed by atoms with Gasteiger partial charge in [0, 0.05) is 6.61 Å². The second-order valence-corrected chi connectivity index (χ2v) is 8.98. The number of sulfone groups is 2. The Morgan fingerprint density at radius 3 is 1.50 bits per heavy atom. The summed E-state index contributed by atoms with van der Waals surface area (Å²) in [5.41, 5.74) is -12.3. The molecule has 0 bridgehead atoms. The lowest BCUT2D eigenvalue weighted by atomic mass is 10.0. The van der Waals surface area contributed by atoms with Gasteiger partial charge >= 0.3 is 11.0 Å². The maximum Gasteiger partial charge on any atom is 0.498 e. The Balaban J connectivity index is 6.05. The van der Waals surface area contributed by atoms with E-state index in [2.05, 4.69) is 0 Å². The Bertz CT molecular complexity index is 518. The molecule has 0 aliphatic rings. The van der Waals surface area contributed by atoms with E-state index < -0.39 is 54.2 Å². The molecule has 0 aliphatic heterocycles. The van der Waals surface area contributed by atoms with Crippen LogP contribution in [0.4, 0.5) is 26.3 Å². The lowest BCUT2D eigenvalue weighted by Crippen LogP contribution is -2.45. The van der Waals surface area contributed by atoms with Crippen molar-refractivity contribution in [2.75, 3.05) is 6.61 Å². The molecule has 0 amide bonds. The number of alkyl halides is 6. The highest BCUT2D eigenvalue weighted by molar-refractivity contribution is 8.09. The summed E-state index contributed by atoms with van der Waals surface area (Å²) >= 11 is 0. The van der Waals surface area contributed by atoms with Crippen LogP contribution in [0.3, 0.4) is 0 Å². The van der Waals surface area contributed by atoms with Gasteiger partial charge in [0.1, 0.15) is 0 Å². The Morgan fingerprint density at radius 1 is 0.909 bits per heavy atom. The summed E-state index contributed by atoms with van der Waals surface area (Å²) in [7, 11) is -13.2. The van der Waals surface area contributed by atoms with Crippen molar-refractivity contribution in [1.29, 1.82) is 0 Å². The third-order valence-corrected chi connectivity index (χ3v) is 7.56.